The molecule has 2 aromatic carbocycles. The molecular formula is C23H29BrN2O2S. The fraction of sp³-hybridized carbons (Fsp3) is 0.391. The van der Waals surface area contributed by atoms with Gasteiger partial charge in [-0.25, -0.2) is 0 Å². The number of hydrogen-bond donors (Lipinski definition) is 1. The predicted octanol–water partition coefficient (Wildman–Crippen LogP) is 5.18. The minimum Gasteiger partial charge on any atom is -0.352 e. The molecule has 0 fully saturated rings. The van der Waals surface area contributed by atoms with Gasteiger partial charge in [-0.1, -0.05) is 45.8 Å². The normalized spacial score (nSPS) is 11.9. The van der Waals surface area contributed by atoms with Crippen molar-refractivity contribution in [3.05, 3.63) is 64.1 Å². The van der Waals surface area contributed by atoms with Gasteiger partial charge in [0.1, 0.15) is 6.04 Å². The predicted molar refractivity (Wildman–Crippen MR) is 124 cm³/mol. The zero-order valence-electron chi connectivity index (χ0n) is 17.4. The van der Waals surface area contributed by atoms with Crippen molar-refractivity contribution in [2.45, 2.75) is 57.6 Å². The van der Waals surface area contributed by atoms with Gasteiger partial charge in [-0.3, -0.25) is 9.59 Å². The van der Waals surface area contributed by atoms with Crippen molar-refractivity contribution in [2.75, 3.05) is 5.75 Å². The molecule has 0 unspecified atom stereocenters. The van der Waals surface area contributed by atoms with E-state index in [1.165, 1.54) is 5.56 Å². The summed E-state index contributed by atoms with van der Waals surface area (Å²) < 4.78 is 0.955. The van der Waals surface area contributed by atoms with Crippen LogP contribution in [0.15, 0.2) is 57.9 Å². The topological polar surface area (TPSA) is 49.4 Å². The molecule has 0 aromatic heterocycles. The zero-order valence-corrected chi connectivity index (χ0v) is 19.8. The van der Waals surface area contributed by atoms with E-state index in [9.17, 15) is 9.59 Å². The Labute approximate surface area is 186 Å². The number of carbonyl (C=O) groups is 2. The van der Waals surface area contributed by atoms with Crippen molar-refractivity contribution in [3.63, 3.8) is 0 Å². The molecule has 6 heteroatoms. The quantitative estimate of drug-likeness (QED) is 0.507. The maximum Gasteiger partial charge on any atom is 0.242 e. The van der Waals surface area contributed by atoms with Crippen LogP contribution in [0.1, 0.15) is 38.3 Å². The molecule has 2 amide bonds. The van der Waals surface area contributed by atoms with Crippen LogP contribution in [0.25, 0.3) is 0 Å². The van der Waals surface area contributed by atoms with Crippen molar-refractivity contribution >= 4 is 39.5 Å². The molecule has 0 aliphatic heterocycles. The molecule has 4 nitrogen and oxygen atoms in total. The molecule has 0 saturated carbocycles. The molecule has 1 atom stereocenters. The molecule has 0 bridgehead atoms. The van der Waals surface area contributed by atoms with E-state index in [1.54, 1.807) is 23.6 Å². The monoisotopic (exact) mass is 476 g/mol. The number of benzene rings is 2. The largest absolute Gasteiger partial charge is 0.352 e. The molecule has 0 aliphatic rings. The van der Waals surface area contributed by atoms with Gasteiger partial charge in [-0.05, 0) is 57.5 Å². The van der Waals surface area contributed by atoms with E-state index in [-0.39, 0.29) is 17.9 Å². The molecule has 2 aromatic rings. The lowest BCUT2D eigenvalue weighted by atomic mass is 10.1. The summed E-state index contributed by atoms with van der Waals surface area (Å²) in [5.74, 6) is 0.528. The second kappa shape index (κ2) is 11.4. The Hall–Kier alpha value is -1.79. The zero-order chi connectivity index (χ0) is 21.4. The minimum absolute atomic E-state index is 0.0176. The Morgan fingerprint density at radius 1 is 1.10 bits per heavy atom. The lowest BCUT2D eigenvalue weighted by Gasteiger charge is -2.29. The summed E-state index contributed by atoms with van der Waals surface area (Å²) in [4.78, 5) is 28.4. The summed E-state index contributed by atoms with van der Waals surface area (Å²) >= 11 is 5.13. The van der Waals surface area contributed by atoms with E-state index in [0.717, 1.165) is 14.9 Å². The molecule has 1 N–H and O–H groups in total. The van der Waals surface area contributed by atoms with E-state index < -0.39 is 6.04 Å². The van der Waals surface area contributed by atoms with Crippen LogP contribution in [0.5, 0.6) is 0 Å². The van der Waals surface area contributed by atoms with Crippen molar-refractivity contribution < 1.29 is 9.59 Å². The molecule has 0 radical (unpaired) electrons. The van der Waals surface area contributed by atoms with E-state index in [0.29, 0.717) is 18.7 Å². The van der Waals surface area contributed by atoms with E-state index in [4.69, 9.17) is 0 Å². The number of amides is 2. The third-order valence-corrected chi connectivity index (χ3v) is 5.95. The molecule has 29 heavy (non-hydrogen) atoms. The fourth-order valence-corrected chi connectivity index (χ4v) is 4.14. The van der Waals surface area contributed by atoms with Gasteiger partial charge in [0.15, 0.2) is 0 Å². The maximum absolute atomic E-state index is 13.0. The van der Waals surface area contributed by atoms with Gasteiger partial charge in [0.05, 0.1) is 0 Å². The van der Waals surface area contributed by atoms with Crippen LogP contribution >= 0.6 is 27.7 Å². The number of halogens is 1. The first-order chi connectivity index (χ1) is 13.8. The van der Waals surface area contributed by atoms with Gasteiger partial charge in [-0.15, -0.1) is 11.8 Å². The minimum atomic E-state index is -0.534. The van der Waals surface area contributed by atoms with Gasteiger partial charge >= 0.3 is 0 Å². The van der Waals surface area contributed by atoms with Crippen LogP contribution in [-0.2, 0) is 16.1 Å². The summed E-state index contributed by atoms with van der Waals surface area (Å²) in [7, 11) is 0. The highest BCUT2D eigenvalue weighted by Gasteiger charge is 2.26. The Bertz CT molecular complexity index is 824. The van der Waals surface area contributed by atoms with Crippen LogP contribution in [0, 0.1) is 6.92 Å². The highest BCUT2D eigenvalue weighted by Crippen LogP contribution is 2.21. The Kier molecular flexibility index (Phi) is 9.24. The first kappa shape index (κ1) is 23.5. The van der Waals surface area contributed by atoms with Crippen molar-refractivity contribution in [3.8, 4) is 0 Å². The second-order valence-corrected chi connectivity index (χ2v) is 9.49. The van der Waals surface area contributed by atoms with Gasteiger partial charge < -0.3 is 10.2 Å². The smallest absolute Gasteiger partial charge is 0.242 e. The van der Waals surface area contributed by atoms with Gasteiger partial charge in [-0.2, -0.15) is 0 Å². The Morgan fingerprint density at radius 2 is 1.79 bits per heavy atom. The molecule has 2 rings (SSSR count). The van der Waals surface area contributed by atoms with Crippen molar-refractivity contribution in [2.24, 2.45) is 0 Å². The molecule has 0 heterocycles. The lowest BCUT2D eigenvalue weighted by Crippen LogP contribution is -2.49. The van der Waals surface area contributed by atoms with Crippen LogP contribution in [0.2, 0.25) is 0 Å². The first-order valence-corrected chi connectivity index (χ1v) is 11.6. The fourth-order valence-electron chi connectivity index (χ4n) is 2.85. The van der Waals surface area contributed by atoms with Gasteiger partial charge in [0.2, 0.25) is 11.8 Å². The Balaban J connectivity index is 2.06. The summed E-state index contributed by atoms with van der Waals surface area (Å²) in [6.07, 6.45) is 0.381. The number of rotatable bonds is 9. The molecule has 0 saturated heterocycles. The number of aryl methyl sites for hydroxylation is 1. The van der Waals surface area contributed by atoms with Crippen LogP contribution in [0.3, 0.4) is 0 Å². The first-order valence-electron chi connectivity index (χ1n) is 9.80. The molecule has 0 aliphatic carbocycles. The average Bonchev–Trinajstić information content (AvgIpc) is 2.66. The van der Waals surface area contributed by atoms with Gasteiger partial charge in [0, 0.05) is 34.1 Å². The maximum atomic E-state index is 13.0. The summed E-state index contributed by atoms with van der Waals surface area (Å²) in [5, 5.41) is 2.91. The van der Waals surface area contributed by atoms with Crippen LogP contribution in [-0.4, -0.2) is 34.6 Å². The number of carbonyl (C=O) groups excluding carboxylic acids is 2. The number of thioether (sulfide) groups is 1. The number of nitrogens with zero attached hydrogens (tertiary/aromatic N) is 1. The highest BCUT2D eigenvalue weighted by atomic mass is 79.9. The standard InChI is InChI=1S/C23H29BrN2O2S/c1-16(2)25-23(28)18(4)26(15-19-6-5-7-20(24)14-19)22(27)12-13-29-21-10-8-17(3)9-11-21/h5-11,14,16,18H,12-13,15H2,1-4H3,(H,25,28)/t18-/m0/s1. The highest BCUT2D eigenvalue weighted by molar-refractivity contribution is 9.10. The van der Waals surface area contributed by atoms with Gasteiger partial charge in [0.25, 0.3) is 0 Å². The number of nitrogens with one attached hydrogen (secondary N) is 1. The summed E-state index contributed by atoms with van der Waals surface area (Å²) in [5.41, 5.74) is 2.21. The lowest BCUT2D eigenvalue weighted by molar-refractivity contribution is -0.140. The third kappa shape index (κ3) is 7.86. The van der Waals surface area contributed by atoms with E-state index in [2.05, 4.69) is 52.4 Å². The third-order valence-electron chi connectivity index (χ3n) is 4.45. The SMILES string of the molecule is Cc1ccc(SCCC(=O)N(Cc2cccc(Br)c2)[C@@H](C)C(=O)NC(C)C)cc1. The molecule has 0 spiro atoms. The van der Waals surface area contributed by atoms with Crippen molar-refractivity contribution in [1.29, 1.82) is 0 Å². The molecular weight excluding hydrogens is 448 g/mol. The Morgan fingerprint density at radius 3 is 2.41 bits per heavy atom. The number of hydrogen-bond acceptors (Lipinski definition) is 3. The average molecular weight is 477 g/mol. The van der Waals surface area contributed by atoms with Crippen LogP contribution in [0.4, 0.5) is 0 Å². The second-order valence-electron chi connectivity index (χ2n) is 7.40. The summed E-state index contributed by atoms with van der Waals surface area (Å²) in [6, 6.07) is 15.6. The van der Waals surface area contributed by atoms with Crippen molar-refractivity contribution in [1.82, 2.24) is 10.2 Å². The summed E-state index contributed by atoms with van der Waals surface area (Å²) in [6.45, 7) is 8.09. The van der Waals surface area contributed by atoms with E-state index in [1.807, 2.05) is 38.1 Å². The van der Waals surface area contributed by atoms with E-state index >= 15 is 0 Å². The van der Waals surface area contributed by atoms with Crippen LogP contribution < -0.4 is 5.32 Å². The molecule has 156 valence electrons.